The molecule has 0 bridgehead atoms. The summed E-state index contributed by atoms with van der Waals surface area (Å²) in [7, 11) is 2.00. The topological polar surface area (TPSA) is 3.24 Å². The Labute approximate surface area is 60.6 Å². The summed E-state index contributed by atoms with van der Waals surface area (Å²) in [5, 5.41) is 0. The maximum atomic E-state index is 3.09. The highest BCUT2D eigenvalue weighted by Crippen LogP contribution is 2.25. The summed E-state index contributed by atoms with van der Waals surface area (Å²) in [4.78, 5) is 2.00. The van der Waals surface area contributed by atoms with E-state index in [4.69, 9.17) is 0 Å². The summed E-state index contributed by atoms with van der Waals surface area (Å²) in [6.45, 7) is 0. The molecule has 48 valence electrons. The first-order valence-corrected chi connectivity index (χ1v) is 3.30. The molecule has 1 heterocycles. The van der Waals surface area contributed by atoms with E-state index >= 15 is 0 Å². The quantitative estimate of drug-likeness (QED) is 0.485. The minimum Gasteiger partial charge on any atom is -0.187 e. The van der Waals surface area contributed by atoms with Gasteiger partial charge in [0, 0.05) is 19.2 Å². The third-order valence-electron chi connectivity index (χ3n) is 1.71. The SMILES string of the molecule is CN1[C+]=Cc2ccccc21. The van der Waals surface area contributed by atoms with Gasteiger partial charge in [-0.2, -0.15) is 4.90 Å². The first-order valence-electron chi connectivity index (χ1n) is 3.30. The zero-order valence-electron chi connectivity index (χ0n) is 5.83. The van der Waals surface area contributed by atoms with E-state index in [-0.39, 0.29) is 0 Å². The minimum atomic E-state index is 1.24. The Morgan fingerprint density at radius 3 is 2.90 bits per heavy atom. The van der Waals surface area contributed by atoms with Crippen LogP contribution in [0.2, 0.25) is 0 Å². The number of benzene rings is 1. The lowest BCUT2D eigenvalue weighted by atomic mass is 10.2. The first kappa shape index (κ1) is 5.45. The van der Waals surface area contributed by atoms with Crippen molar-refractivity contribution in [2.45, 2.75) is 0 Å². The fourth-order valence-electron chi connectivity index (χ4n) is 1.15. The Bertz CT molecular complexity index is 276. The molecule has 0 saturated carbocycles. The van der Waals surface area contributed by atoms with Crippen molar-refractivity contribution >= 4 is 11.8 Å². The molecule has 1 aromatic rings. The van der Waals surface area contributed by atoms with E-state index in [1.54, 1.807) is 0 Å². The molecule has 1 aromatic carbocycles. The van der Waals surface area contributed by atoms with Gasteiger partial charge in [-0.25, -0.2) is 0 Å². The molecule has 1 nitrogen and oxygen atoms in total. The van der Waals surface area contributed by atoms with Crippen molar-refractivity contribution in [2.24, 2.45) is 0 Å². The molecule has 2 rings (SSSR count). The van der Waals surface area contributed by atoms with Crippen LogP contribution < -0.4 is 4.90 Å². The lowest BCUT2D eigenvalue weighted by Crippen LogP contribution is -2.04. The van der Waals surface area contributed by atoms with Crippen LogP contribution in [0.3, 0.4) is 0 Å². The average Bonchev–Trinajstić information content (AvgIpc) is 2.34. The number of hydrogen-bond donors (Lipinski definition) is 0. The molecule has 10 heavy (non-hydrogen) atoms. The highest BCUT2D eigenvalue weighted by atomic mass is 15.1. The molecular weight excluding hydrogens is 122 g/mol. The molecule has 0 unspecified atom stereocenters. The van der Waals surface area contributed by atoms with Crippen LogP contribution in [-0.4, -0.2) is 7.05 Å². The maximum Gasteiger partial charge on any atom is 0.200 e. The van der Waals surface area contributed by atoms with Crippen molar-refractivity contribution in [3.8, 4) is 0 Å². The van der Waals surface area contributed by atoms with E-state index in [2.05, 4.69) is 18.3 Å². The molecular formula is C9H8N+. The van der Waals surface area contributed by atoms with E-state index in [1.165, 1.54) is 11.3 Å². The standard InChI is InChI=1S/C9H8N/c1-10-7-6-8-4-2-3-5-9(8)10/h2-6H,1H3/q+1. The molecule has 0 saturated heterocycles. The number of rotatable bonds is 0. The third-order valence-corrected chi connectivity index (χ3v) is 1.71. The molecule has 1 aliphatic rings. The van der Waals surface area contributed by atoms with Crippen LogP contribution >= 0.6 is 0 Å². The lowest BCUT2D eigenvalue weighted by molar-refractivity contribution is 1.20. The molecule has 0 aliphatic carbocycles. The lowest BCUT2D eigenvalue weighted by Gasteiger charge is -1.95. The van der Waals surface area contributed by atoms with Crippen LogP contribution in [0.15, 0.2) is 24.3 Å². The number of fused-ring (bicyclic) bond motifs is 1. The minimum absolute atomic E-state index is 1.24. The van der Waals surface area contributed by atoms with E-state index in [1.807, 2.05) is 30.2 Å². The Kier molecular flexibility index (Phi) is 0.996. The molecule has 0 radical (unpaired) electrons. The molecule has 0 aromatic heterocycles. The van der Waals surface area contributed by atoms with Gasteiger partial charge in [-0.3, -0.25) is 0 Å². The third kappa shape index (κ3) is 0.615. The number of nitrogens with zero attached hydrogens (tertiary/aromatic N) is 1. The molecule has 0 fully saturated rings. The monoisotopic (exact) mass is 130 g/mol. The van der Waals surface area contributed by atoms with Crippen LogP contribution in [0.4, 0.5) is 5.69 Å². The normalized spacial score (nSPS) is 13.1. The van der Waals surface area contributed by atoms with Crippen molar-refractivity contribution in [3.05, 3.63) is 36.0 Å². The summed E-state index contributed by atoms with van der Waals surface area (Å²) in [6.07, 6.45) is 5.09. The van der Waals surface area contributed by atoms with E-state index in [0.29, 0.717) is 0 Å². The van der Waals surface area contributed by atoms with Gasteiger partial charge < -0.3 is 0 Å². The van der Waals surface area contributed by atoms with Crippen molar-refractivity contribution in [1.82, 2.24) is 0 Å². The van der Waals surface area contributed by atoms with Crippen LogP contribution in [0.5, 0.6) is 0 Å². The van der Waals surface area contributed by atoms with Gasteiger partial charge in [0.1, 0.15) is 12.3 Å². The number of anilines is 1. The molecule has 0 N–H and O–H groups in total. The van der Waals surface area contributed by atoms with Crippen molar-refractivity contribution in [3.63, 3.8) is 0 Å². The zero-order valence-corrected chi connectivity index (χ0v) is 5.83. The highest BCUT2D eigenvalue weighted by molar-refractivity contribution is 5.73. The number of hydrogen-bond acceptors (Lipinski definition) is 1. The summed E-state index contributed by atoms with van der Waals surface area (Å²) in [6, 6.07) is 8.25. The predicted octanol–water partition coefficient (Wildman–Crippen LogP) is 1.91. The van der Waals surface area contributed by atoms with Crippen LogP contribution in [0.1, 0.15) is 5.56 Å². The average molecular weight is 130 g/mol. The van der Waals surface area contributed by atoms with Gasteiger partial charge in [-0.1, -0.05) is 0 Å². The second-order valence-electron chi connectivity index (χ2n) is 2.39. The van der Waals surface area contributed by atoms with Crippen LogP contribution in [-0.2, 0) is 0 Å². The van der Waals surface area contributed by atoms with Crippen molar-refractivity contribution < 1.29 is 0 Å². The second-order valence-corrected chi connectivity index (χ2v) is 2.39. The Balaban J connectivity index is 2.59. The van der Waals surface area contributed by atoms with Crippen molar-refractivity contribution in [1.29, 1.82) is 0 Å². The van der Waals surface area contributed by atoms with Gasteiger partial charge in [0.2, 0.25) is 5.69 Å². The molecule has 0 atom stereocenters. The van der Waals surface area contributed by atoms with Crippen LogP contribution in [0, 0.1) is 6.20 Å². The molecule has 1 heteroatoms. The summed E-state index contributed by atoms with van der Waals surface area (Å²) >= 11 is 0. The van der Waals surface area contributed by atoms with E-state index in [9.17, 15) is 0 Å². The van der Waals surface area contributed by atoms with Gasteiger partial charge in [-0.15, -0.1) is 0 Å². The number of para-hydroxylation sites is 1. The Morgan fingerprint density at radius 1 is 1.30 bits per heavy atom. The van der Waals surface area contributed by atoms with Crippen LogP contribution in [0.25, 0.3) is 6.08 Å². The zero-order chi connectivity index (χ0) is 6.97. The van der Waals surface area contributed by atoms with Crippen molar-refractivity contribution in [2.75, 3.05) is 11.9 Å². The largest absolute Gasteiger partial charge is 0.200 e. The molecule has 1 aliphatic heterocycles. The fraction of sp³-hybridized carbons (Fsp3) is 0.111. The summed E-state index contributed by atoms with van der Waals surface area (Å²) in [5.74, 6) is 0. The van der Waals surface area contributed by atoms with Gasteiger partial charge >= 0.3 is 0 Å². The smallest absolute Gasteiger partial charge is 0.187 e. The first-order chi connectivity index (χ1) is 4.88. The summed E-state index contributed by atoms with van der Waals surface area (Å²) in [5.41, 5.74) is 2.49. The molecule has 0 amide bonds. The Morgan fingerprint density at radius 2 is 2.10 bits per heavy atom. The maximum absolute atomic E-state index is 3.09. The van der Waals surface area contributed by atoms with Gasteiger partial charge in [0.15, 0.2) is 5.56 Å². The predicted molar refractivity (Wildman–Crippen MR) is 42.6 cm³/mol. The van der Waals surface area contributed by atoms with Gasteiger partial charge in [0.25, 0.3) is 0 Å². The molecule has 0 spiro atoms. The highest BCUT2D eigenvalue weighted by Gasteiger charge is 2.20. The van der Waals surface area contributed by atoms with E-state index in [0.717, 1.165) is 0 Å². The Hall–Kier alpha value is -1.33. The van der Waals surface area contributed by atoms with Gasteiger partial charge in [0.05, 0.1) is 0 Å². The summed E-state index contributed by atoms with van der Waals surface area (Å²) < 4.78 is 0. The second kappa shape index (κ2) is 1.83. The van der Waals surface area contributed by atoms with Gasteiger partial charge in [-0.05, 0) is 12.1 Å². The fourth-order valence-corrected chi connectivity index (χ4v) is 1.15. The van der Waals surface area contributed by atoms with E-state index < -0.39 is 0 Å².